The summed E-state index contributed by atoms with van der Waals surface area (Å²) in [6.45, 7) is 0. The normalized spacial score (nSPS) is 10.6. The first-order valence-corrected chi connectivity index (χ1v) is 7.64. The van der Waals surface area contributed by atoms with Crippen LogP contribution < -0.4 is 11.2 Å². The van der Waals surface area contributed by atoms with E-state index in [0.717, 1.165) is 5.69 Å². The van der Waals surface area contributed by atoms with E-state index in [0.29, 0.717) is 0 Å². The Kier molecular flexibility index (Phi) is 5.73. The number of nitrogen functional groups attached to an aromatic ring is 1. The second-order valence-corrected chi connectivity index (χ2v) is 5.64. The van der Waals surface area contributed by atoms with Gasteiger partial charge in [0.1, 0.15) is 7.85 Å². The number of unbranched alkanes of at least 4 members (excludes halogenated alkanes) is 3. The van der Waals surface area contributed by atoms with Crippen LogP contribution in [0.5, 0.6) is 0 Å². The van der Waals surface area contributed by atoms with Gasteiger partial charge in [0.05, 0.1) is 0 Å². The highest BCUT2D eigenvalue weighted by Crippen LogP contribution is 2.12. The van der Waals surface area contributed by atoms with Crippen molar-refractivity contribution in [2.75, 3.05) is 5.73 Å². The minimum absolute atomic E-state index is 0.854. The van der Waals surface area contributed by atoms with Gasteiger partial charge in [0.2, 0.25) is 0 Å². The van der Waals surface area contributed by atoms with Crippen molar-refractivity contribution in [1.29, 1.82) is 0 Å². The summed E-state index contributed by atoms with van der Waals surface area (Å²) in [5, 5.41) is 0. The third-order valence-corrected chi connectivity index (χ3v) is 3.78. The van der Waals surface area contributed by atoms with Gasteiger partial charge in [-0.15, -0.1) is 0 Å². The molecule has 0 fully saturated rings. The summed E-state index contributed by atoms with van der Waals surface area (Å²) in [5.41, 5.74) is 10.8. The van der Waals surface area contributed by atoms with Gasteiger partial charge in [0, 0.05) is 5.69 Å². The van der Waals surface area contributed by atoms with Crippen LogP contribution in [0, 0.1) is 0 Å². The van der Waals surface area contributed by atoms with Crippen LogP contribution in [0.4, 0.5) is 5.69 Å². The topological polar surface area (TPSA) is 26.0 Å². The van der Waals surface area contributed by atoms with Gasteiger partial charge in [0.25, 0.3) is 0 Å². The molecule has 0 aliphatic rings. The molecule has 0 aromatic heterocycles. The molecule has 0 heterocycles. The number of hydrogen-bond acceptors (Lipinski definition) is 1. The zero-order valence-electron chi connectivity index (χ0n) is 12.4. The van der Waals surface area contributed by atoms with Crippen molar-refractivity contribution in [3.8, 4) is 0 Å². The van der Waals surface area contributed by atoms with Crippen LogP contribution in [-0.2, 0) is 12.8 Å². The van der Waals surface area contributed by atoms with E-state index < -0.39 is 0 Å². The van der Waals surface area contributed by atoms with Crippen molar-refractivity contribution in [2.45, 2.75) is 38.5 Å². The molecular weight excluding hydrogens is 241 g/mol. The van der Waals surface area contributed by atoms with E-state index in [9.17, 15) is 0 Å². The van der Waals surface area contributed by atoms with Gasteiger partial charge in [0.15, 0.2) is 0 Å². The van der Waals surface area contributed by atoms with Crippen LogP contribution in [-0.4, -0.2) is 7.85 Å². The number of rotatable bonds is 7. The summed E-state index contributed by atoms with van der Waals surface area (Å²) in [5.74, 6) is 0. The molecule has 0 aliphatic carbocycles. The second-order valence-electron chi connectivity index (χ2n) is 5.64. The lowest BCUT2D eigenvalue weighted by atomic mass is 9.94. The van der Waals surface area contributed by atoms with E-state index in [-0.39, 0.29) is 0 Å². The number of nitrogens with two attached hydrogens (primary N) is 1. The van der Waals surface area contributed by atoms with Crippen LogP contribution in [0.15, 0.2) is 48.5 Å². The average molecular weight is 265 g/mol. The van der Waals surface area contributed by atoms with E-state index in [2.05, 4.69) is 44.2 Å². The highest BCUT2D eigenvalue weighted by atomic mass is 14.5. The van der Waals surface area contributed by atoms with Crippen LogP contribution in [0.25, 0.3) is 0 Å². The van der Waals surface area contributed by atoms with Crippen molar-refractivity contribution in [1.82, 2.24) is 0 Å². The van der Waals surface area contributed by atoms with Gasteiger partial charge in [-0.25, -0.2) is 0 Å². The Morgan fingerprint density at radius 3 is 1.60 bits per heavy atom. The zero-order chi connectivity index (χ0) is 14.2. The summed E-state index contributed by atoms with van der Waals surface area (Å²) in [6, 6.07) is 17.2. The highest BCUT2D eigenvalue weighted by molar-refractivity contribution is 6.32. The molecule has 20 heavy (non-hydrogen) atoms. The van der Waals surface area contributed by atoms with Gasteiger partial charge < -0.3 is 5.73 Å². The third-order valence-electron chi connectivity index (χ3n) is 3.78. The van der Waals surface area contributed by atoms with Gasteiger partial charge >= 0.3 is 0 Å². The zero-order valence-corrected chi connectivity index (χ0v) is 12.4. The van der Waals surface area contributed by atoms with Crippen LogP contribution >= 0.6 is 0 Å². The molecular formula is C18H24BN. The molecule has 0 amide bonds. The van der Waals surface area contributed by atoms with Crippen molar-refractivity contribution < 1.29 is 0 Å². The standard InChI is InChI=1S/C18H24BN/c19-17-11-7-15(8-12-17)5-3-1-2-4-6-16-9-13-18(20)14-10-16/h7-14H,1-6,19-20H2. The van der Waals surface area contributed by atoms with Crippen molar-refractivity contribution in [3.63, 3.8) is 0 Å². The maximum absolute atomic E-state index is 5.69. The molecule has 0 saturated carbocycles. The minimum atomic E-state index is 0.854. The second kappa shape index (κ2) is 7.79. The quantitative estimate of drug-likeness (QED) is 0.465. The smallest absolute Gasteiger partial charge is 0.139 e. The third kappa shape index (κ3) is 5.12. The predicted molar refractivity (Wildman–Crippen MR) is 91.4 cm³/mol. The lowest BCUT2D eigenvalue weighted by Crippen LogP contribution is -2.00. The highest BCUT2D eigenvalue weighted by Gasteiger charge is 1.96. The van der Waals surface area contributed by atoms with E-state index in [4.69, 9.17) is 5.73 Å². The Labute approximate surface area is 123 Å². The molecule has 2 heteroatoms. The van der Waals surface area contributed by atoms with E-state index in [1.807, 2.05) is 12.1 Å². The van der Waals surface area contributed by atoms with Crippen LogP contribution in [0.3, 0.4) is 0 Å². The first-order chi connectivity index (χ1) is 9.74. The van der Waals surface area contributed by atoms with Crippen molar-refractivity contribution in [2.24, 2.45) is 0 Å². The Bertz CT molecular complexity index is 452. The minimum Gasteiger partial charge on any atom is -0.399 e. The van der Waals surface area contributed by atoms with Gasteiger partial charge in [-0.3, -0.25) is 0 Å². The predicted octanol–water partition coefficient (Wildman–Crippen LogP) is 2.87. The van der Waals surface area contributed by atoms with E-state index in [1.54, 1.807) is 0 Å². The first kappa shape index (κ1) is 14.7. The van der Waals surface area contributed by atoms with Crippen molar-refractivity contribution in [3.05, 3.63) is 59.7 Å². The number of hydrogen-bond donors (Lipinski definition) is 1. The fraction of sp³-hybridized carbons (Fsp3) is 0.333. The van der Waals surface area contributed by atoms with E-state index in [1.165, 1.54) is 55.1 Å². The Morgan fingerprint density at radius 2 is 1.10 bits per heavy atom. The number of benzene rings is 2. The molecule has 0 radical (unpaired) electrons. The maximum Gasteiger partial charge on any atom is 0.139 e. The number of anilines is 1. The molecule has 0 atom stereocenters. The monoisotopic (exact) mass is 265 g/mol. The fourth-order valence-electron chi connectivity index (χ4n) is 2.45. The Hall–Kier alpha value is -1.70. The molecule has 0 aliphatic heterocycles. The molecule has 0 bridgehead atoms. The molecule has 104 valence electrons. The molecule has 2 rings (SSSR count). The lowest BCUT2D eigenvalue weighted by molar-refractivity contribution is 0.640. The lowest BCUT2D eigenvalue weighted by Gasteiger charge is -2.04. The fourth-order valence-corrected chi connectivity index (χ4v) is 2.45. The molecule has 2 aromatic carbocycles. The summed E-state index contributed by atoms with van der Waals surface area (Å²) in [7, 11) is 2.14. The molecule has 2 aromatic rings. The van der Waals surface area contributed by atoms with E-state index >= 15 is 0 Å². The average Bonchev–Trinajstić information content (AvgIpc) is 2.46. The maximum atomic E-state index is 5.69. The SMILES string of the molecule is Bc1ccc(CCCCCCc2ccc(N)cc2)cc1. The molecule has 0 saturated heterocycles. The molecule has 0 unspecified atom stereocenters. The largest absolute Gasteiger partial charge is 0.399 e. The Balaban J connectivity index is 1.57. The van der Waals surface area contributed by atoms with Crippen molar-refractivity contribution >= 4 is 19.0 Å². The molecule has 0 spiro atoms. The van der Waals surface area contributed by atoms with Gasteiger partial charge in [-0.05, 0) is 48.9 Å². The van der Waals surface area contributed by atoms with Gasteiger partial charge in [-0.1, -0.05) is 54.7 Å². The number of aryl methyl sites for hydroxylation is 2. The summed E-state index contributed by atoms with van der Waals surface area (Å²) in [6.07, 6.45) is 7.59. The van der Waals surface area contributed by atoms with Crippen LogP contribution in [0.1, 0.15) is 36.8 Å². The van der Waals surface area contributed by atoms with Gasteiger partial charge in [-0.2, -0.15) is 0 Å². The Morgan fingerprint density at radius 1 is 0.650 bits per heavy atom. The first-order valence-electron chi connectivity index (χ1n) is 7.64. The summed E-state index contributed by atoms with van der Waals surface area (Å²) in [4.78, 5) is 0. The van der Waals surface area contributed by atoms with Crippen LogP contribution in [0.2, 0.25) is 0 Å². The summed E-state index contributed by atoms with van der Waals surface area (Å²) >= 11 is 0. The summed E-state index contributed by atoms with van der Waals surface area (Å²) < 4.78 is 0. The molecule has 2 N–H and O–H groups in total. The molecule has 1 nitrogen and oxygen atoms in total.